The van der Waals surface area contributed by atoms with Crippen LogP contribution in [0.2, 0.25) is 0 Å². The molecule has 1 atom stereocenters. The molecule has 0 aliphatic rings. The molecule has 1 rings (SSSR count). The topological polar surface area (TPSA) is 59.0 Å². The van der Waals surface area contributed by atoms with Gasteiger partial charge in [0.25, 0.3) is 0 Å². The summed E-state index contributed by atoms with van der Waals surface area (Å²) in [5.74, 6) is 0.847. The monoisotopic (exact) mass is 246 g/mol. The highest BCUT2D eigenvalue weighted by Gasteiger charge is 2.15. The number of hydrogen-bond acceptors (Lipinski definition) is 3. The Morgan fingerprint density at radius 1 is 1.44 bits per heavy atom. The second-order valence-corrected chi connectivity index (χ2v) is 5.31. The normalized spacial score (nSPS) is 12.8. The van der Waals surface area contributed by atoms with Crippen molar-refractivity contribution in [2.24, 2.45) is 11.1 Å². The van der Waals surface area contributed by atoms with E-state index in [-0.39, 0.29) is 11.5 Å². The first-order valence-electron chi connectivity index (χ1n) is 6.34. The molecule has 0 heterocycles. The van der Waals surface area contributed by atoms with Crippen LogP contribution in [-0.2, 0) is 0 Å². The summed E-state index contributed by atoms with van der Waals surface area (Å²) in [6, 6.07) is 10.2. The quantitative estimate of drug-likeness (QED) is 0.782. The van der Waals surface area contributed by atoms with Crippen LogP contribution in [0.25, 0.3) is 0 Å². The molecule has 3 nitrogen and oxygen atoms in total. The molecular formula is C15H22N2O. The minimum Gasteiger partial charge on any atom is -0.494 e. The maximum Gasteiger partial charge on any atom is 0.119 e. The molecule has 0 aliphatic heterocycles. The second-order valence-electron chi connectivity index (χ2n) is 5.31. The van der Waals surface area contributed by atoms with Crippen LogP contribution < -0.4 is 10.5 Å². The van der Waals surface area contributed by atoms with Crippen LogP contribution >= 0.6 is 0 Å². The fourth-order valence-corrected chi connectivity index (χ4v) is 1.65. The first kappa shape index (κ1) is 14.5. The summed E-state index contributed by atoms with van der Waals surface area (Å²) in [5.41, 5.74) is 6.63. The Morgan fingerprint density at radius 3 is 2.78 bits per heavy atom. The molecule has 0 spiro atoms. The lowest BCUT2D eigenvalue weighted by atomic mass is 9.90. The molecule has 18 heavy (non-hydrogen) atoms. The molecule has 0 aliphatic carbocycles. The number of nitrogens with zero attached hydrogens (tertiary/aromatic N) is 1. The summed E-state index contributed by atoms with van der Waals surface area (Å²) in [5, 5.41) is 8.90. The molecule has 0 bridgehead atoms. The van der Waals surface area contributed by atoms with Gasteiger partial charge in [-0.3, -0.25) is 0 Å². The van der Waals surface area contributed by atoms with E-state index in [2.05, 4.69) is 6.07 Å². The van der Waals surface area contributed by atoms with E-state index in [0.717, 1.165) is 24.2 Å². The van der Waals surface area contributed by atoms with Crippen LogP contribution in [0.5, 0.6) is 5.75 Å². The Morgan fingerprint density at radius 2 is 2.17 bits per heavy atom. The zero-order chi connectivity index (χ0) is 13.6. The van der Waals surface area contributed by atoms with E-state index in [1.165, 1.54) is 0 Å². The van der Waals surface area contributed by atoms with Gasteiger partial charge in [-0.05, 0) is 51.3 Å². The van der Waals surface area contributed by atoms with Gasteiger partial charge in [-0.2, -0.15) is 5.26 Å². The first-order valence-corrected chi connectivity index (χ1v) is 6.34. The Balaban J connectivity index is 2.41. The zero-order valence-electron chi connectivity index (χ0n) is 11.4. The average Bonchev–Trinajstić information content (AvgIpc) is 2.35. The first-order chi connectivity index (χ1) is 8.44. The van der Waals surface area contributed by atoms with Crippen molar-refractivity contribution in [1.29, 1.82) is 5.26 Å². The van der Waals surface area contributed by atoms with Gasteiger partial charge in [0.15, 0.2) is 0 Å². The van der Waals surface area contributed by atoms with Crippen LogP contribution in [0.15, 0.2) is 24.3 Å². The molecule has 0 saturated carbocycles. The van der Waals surface area contributed by atoms with E-state index in [1.807, 2.05) is 45.0 Å². The van der Waals surface area contributed by atoms with Gasteiger partial charge in [0.2, 0.25) is 0 Å². The third-order valence-electron chi connectivity index (χ3n) is 2.90. The van der Waals surface area contributed by atoms with Crippen LogP contribution in [0.1, 0.15) is 45.2 Å². The summed E-state index contributed by atoms with van der Waals surface area (Å²) in [6.45, 7) is 6.48. The average molecular weight is 246 g/mol. The predicted molar refractivity (Wildman–Crippen MR) is 73.2 cm³/mol. The lowest BCUT2D eigenvalue weighted by Crippen LogP contribution is -2.10. The van der Waals surface area contributed by atoms with Crippen molar-refractivity contribution >= 4 is 0 Å². The van der Waals surface area contributed by atoms with Gasteiger partial charge in [0.1, 0.15) is 5.75 Å². The van der Waals surface area contributed by atoms with Crippen LogP contribution in [0.4, 0.5) is 0 Å². The SMILES string of the molecule is C[C@@H](N)c1cccc(OCCCC(C)(C)C#N)c1. The molecule has 0 amide bonds. The highest BCUT2D eigenvalue weighted by atomic mass is 16.5. The molecule has 98 valence electrons. The number of rotatable bonds is 6. The smallest absolute Gasteiger partial charge is 0.119 e. The number of benzene rings is 1. The predicted octanol–water partition coefficient (Wildman–Crippen LogP) is 3.42. The van der Waals surface area contributed by atoms with Crippen LogP contribution in [0.3, 0.4) is 0 Å². The molecule has 0 unspecified atom stereocenters. The maximum absolute atomic E-state index is 8.90. The van der Waals surface area contributed by atoms with E-state index in [0.29, 0.717) is 6.61 Å². The van der Waals surface area contributed by atoms with Gasteiger partial charge in [-0.25, -0.2) is 0 Å². The van der Waals surface area contributed by atoms with Gasteiger partial charge in [-0.15, -0.1) is 0 Å². The Bertz CT molecular complexity index is 419. The molecular weight excluding hydrogens is 224 g/mol. The summed E-state index contributed by atoms with van der Waals surface area (Å²) in [4.78, 5) is 0. The van der Waals surface area contributed by atoms with Crippen molar-refractivity contribution in [2.75, 3.05) is 6.61 Å². The summed E-state index contributed by atoms with van der Waals surface area (Å²) >= 11 is 0. The Hall–Kier alpha value is -1.53. The Kier molecular flexibility index (Phi) is 5.18. The van der Waals surface area contributed by atoms with Crippen LogP contribution in [-0.4, -0.2) is 6.61 Å². The molecule has 0 radical (unpaired) electrons. The van der Waals surface area contributed by atoms with Gasteiger partial charge in [0, 0.05) is 6.04 Å². The summed E-state index contributed by atoms with van der Waals surface area (Å²) in [6.07, 6.45) is 1.72. The minimum absolute atomic E-state index is 0.0195. The maximum atomic E-state index is 8.90. The second kappa shape index (κ2) is 6.42. The fraction of sp³-hybridized carbons (Fsp3) is 0.533. The standard InChI is InChI=1S/C15H22N2O/c1-12(17)13-6-4-7-14(10-13)18-9-5-8-15(2,3)11-16/h4,6-7,10,12H,5,8-9,17H2,1-3H3/t12-/m1/s1. The molecule has 0 aromatic heterocycles. The van der Waals surface area contributed by atoms with Crippen LogP contribution in [0, 0.1) is 16.7 Å². The number of nitriles is 1. The van der Waals surface area contributed by atoms with Crippen molar-refractivity contribution in [2.45, 2.75) is 39.7 Å². The van der Waals surface area contributed by atoms with Crippen molar-refractivity contribution in [1.82, 2.24) is 0 Å². The molecule has 0 fully saturated rings. The highest BCUT2D eigenvalue weighted by molar-refractivity contribution is 5.30. The summed E-state index contributed by atoms with van der Waals surface area (Å²) in [7, 11) is 0. The Labute approximate surface area is 110 Å². The summed E-state index contributed by atoms with van der Waals surface area (Å²) < 4.78 is 5.67. The van der Waals surface area contributed by atoms with Gasteiger partial charge in [-0.1, -0.05) is 12.1 Å². The van der Waals surface area contributed by atoms with E-state index < -0.39 is 0 Å². The molecule has 3 heteroatoms. The van der Waals surface area contributed by atoms with E-state index in [9.17, 15) is 0 Å². The molecule has 1 aromatic carbocycles. The molecule has 2 N–H and O–H groups in total. The number of hydrogen-bond donors (Lipinski definition) is 1. The third kappa shape index (κ3) is 4.77. The van der Waals surface area contributed by atoms with E-state index >= 15 is 0 Å². The van der Waals surface area contributed by atoms with Crippen molar-refractivity contribution in [3.05, 3.63) is 29.8 Å². The van der Waals surface area contributed by atoms with Crippen molar-refractivity contribution < 1.29 is 4.74 Å². The number of nitrogens with two attached hydrogens (primary N) is 1. The zero-order valence-corrected chi connectivity index (χ0v) is 11.4. The number of ether oxygens (including phenoxy) is 1. The molecule has 0 saturated heterocycles. The fourth-order valence-electron chi connectivity index (χ4n) is 1.65. The largest absolute Gasteiger partial charge is 0.494 e. The minimum atomic E-state index is -0.267. The van der Waals surface area contributed by atoms with Gasteiger partial charge >= 0.3 is 0 Å². The van der Waals surface area contributed by atoms with E-state index in [1.54, 1.807) is 0 Å². The lowest BCUT2D eigenvalue weighted by Gasteiger charge is -2.15. The molecule has 1 aromatic rings. The van der Waals surface area contributed by atoms with Gasteiger partial charge < -0.3 is 10.5 Å². The lowest BCUT2D eigenvalue weighted by molar-refractivity contribution is 0.284. The van der Waals surface area contributed by atoms with Crippen molar-refractivity contribution in [3.8, 4) is 11.8 Å². The third-order valence-corrected chi connectivity index (χ3v) is 2.90. The van der Waals surface area contributed by atoms with Crippen molar-refractivity contribution in [3.63, 3.8) is 0 Å². The van der Waals surface area contributed by atoms with E-state index in [4.69, 9.17) is 15.7 Å². The highest BCUT2D eigenvalue weighted by Crippen LogP contribution is 2.22. The van der Waals surface area contributed by atoms with Gasteiger partial charge in [0.05, 0.1) is 18.1 Å².